The van der Waals surface area contributed by atoms with E-state index in [-0.39, 0.29) is 29.7 Å². The predicted molar refractivity (Wildman–Crippen MR) is 143 cm³/mol. The molecule has 2 saturated carbocycles. The largest absolute Gasteiger partial charge is 0.504 e. The van der Waals surface area contributed by atoms with Crippen molar-refractivity contribution < 1.29 is 24.5 Å². The first kappa shape index (κ1) is 23.8. The fourth-order valence-electron chi connectivity index (χ4n) is 9.03. The molecule has 5 aliphatic carbocycles. The van der Waals surface area contributed by atoms with Crippen LogP contribution in [0.1, 0.15) is 48.9 Å². The summed E-state index contributed by atoms with van der Waals surface area (Å²) in [6.07, 6.45) is 8.83. The number of hydrogen-bond acceptors (Lipinski definition) is 7. The van der Waals surface area contributed by atoms with Crippen molar-refractivity contribution in [1.29, 1.82) is 0 Å². The molecule has 2 aromatic rings. The number of piperidine rings is 1. The molecule has 7 aliphatic rings. The highest BCUT2D eigenvalue weighted by Gasteiger charge is 2.78. The van der Waals surface area contributed by atoms with E-state index in [9.17, 15) is 15.0 Å². The highest BCUT2D eigenvalue weighted by atomic mass is 16.5. The molecule has 8 nitrogen and oxygen atoms in total. The van der Waals surface area contributed by atoms with E-state index < -0.39 is 17.1 Å². The maximum Gasteiger partial charge on any atom is 0.252 e. The van der Waals surface area contributed by atoms with Crippen molar-refractivity contribution in [3.05, 3.63) is 58.9 Å². The van der Waals surface area contributed by atoms with E-state index in [2.05, 4.69) is 22.0 Å². The maximum absolute atomic E-state index is 14.2. The maximum atomic E-state index is 14.2. The summed E-state index contributed by atoms with van der Waals surface area (Å²) < 4.78 is 12.1. The quantitative estimate of drug-likeness (QED) is 0.594. The van der Waals surface area contributed by atoms with Gasteiger partial charge in [-0.1, -0.05) is 12.1 Å². The first-order valence-corrected chi connectivity index (χ1v) is 14.3. The number of rotatable bonds is 6. The van der Waals surface area contributed by atoms with Gasteiger partial charge in [0.1, 0.15) is 23.1 Å². The third-order valence-corrected chi connectivity index (χ3v) is 10.9. The van der Waals surface area contributed by atoms with E-state index in [1.54, 1.807) is 31.3 Å². The van der Waals surface area contributed by atoms with Crippen molar-refractivity contribution >= 4 is 5.91 Å². The Morgan fingerprint density at radius 3 is 2.90 bits per heavy atom. The molecule has 1 amide bonds. The highest BCUT2D eigenvalue weighted by Crippen LogP contribution is 2.74. The number of carbonyl (C=O) groups excluding carboxylic acids is 1. The van der Waals surface area contributed by atoms with Gasteiger partial charge in [-0.15, -0.1) is 0 Å². The first-order chi connectivity index (χ1) is 18.8. The molecule has 3 fully saturated rings. The van der Waals surface area contributed by atoms with E-state index in [1.807, 2.05) is 12.1 Å². The summed E-state index contributed by atoms with van der Waals surface area (Å²) >= 11 is 0. The van der Waals surface area contributed by atoms with Gasteiger partial charge in [0.2, 0.25) is 0 Å². The van der Waals surface area contributed by atoms with Gasteiger partial charge in [0.05, 0.1) is 19.1 Å². The molecule has 0 unspecified atom stereocenters. The topological polar surface area (TPSA) is 95.4 Å². The van der Waals surface area contributed by atoms with Crippen LogP contribution in [0, 0.1) is 11.3 Å². The molecule has 4 bridgehead atoms. The van der Waals surface area contributed by atoms with Crippen LogP contribution in [0.5, 0.6) is 17.2 Å². The molecule has 39 heavy (non-hydrogen) atoms. The van der Waals surface area contributed by atoms with Gasteiger partial charge >= 0.3 is 0 Å². The fraction of sp³-hybridized carbons (Fsp3) is 0.548. The number of aromatic nitrogens is 1. The van der Waals surface area contributed by atoms with Gasteiger partial charge in [-0.05, 0) is 74.8 Å². The number of phenolic OH excluding ortho intramolecular Hbond substituents is 1. The lowest BCUT2D eigenvalue weighted by Crippen LogP contribution is -2.78. The Morgan fingerprint density at radius 1 is 1.26 bits per heavy atom. The van der Waals surface area contributed by atoms with Crippen molar-refractivity contribution in [3.8, 4) is 17.2 Å². The first-order valence-electron chi connectivity index (χ1n) is 14.3. The van der Waals surface area contributed by atoms with Gasteiger partial charge in [-0.25, -0.2) is 0 Å². The molecular formula is C31H35N3O5. The zero-order chi connectivity index (χ0) is 26.7. The summed E-state index contributed by atoms with van der Waals surface area (Å²) in [4.78, 5) is 22.9. The average Bonchev–Trinajstić information content (AvgIpc) is 3.68. The highest BCUT2D eigenvalue weighted by molar-refractivity contribution is 5.97. The summed E-state index contributed by atoms with van der Waals surface area (Å²) in [5, 5.41) is 23.4. The van der Waals surface area contributed by atoms with Crippen LogP contribution in [0.25, 0.3) is 0 Å². The van der Waals surface area contributed by atoms with Gasteiger partial charge in [0.15, 0.2) is 11.5 Å². The van der Waals surface area contributed by atoms with Crippen LogP contribution < -0.4 is 9.47 Å². The Labute approximate surface area is 228 Å². The van der Waals surface area contributed by atoms with Crippen LogP contribution >= 0.6 is 0 Å². The van der Waals surface area contributed by atoms with Crippen molar-refractivity contribution in [3.63, 3.8) is 0 Å². The number of carbonyl (C=O) groups is 1. The van der Waals surface area contributed by atoms with Gasteiger partial charge in [0, 0.05) is 42.4 Å². The number of aliphatic hydroxyl groups is 1. The second-order valence-corrected chi connectivity index (χ2v) is 12.7. The van der Waals surface area contributed by atoms with Crippen LogP contribution in [0.2, 0.25) is 0 Å². The molecule has 2 spiro atoms. The number of fused-ring (bicyclic) bond motifs is 1. The smallest absolute Gasteiger partial charge is 0.252 e. The SMILES string of the molecule is COc1cccnc1CN(C)C(=O)C1=C[C@@]23CC[C@]1(O)[C@@H]1Oc4c(O)ccc5c4[C@@]12CCN(CC1CC1)[C@@H]3C5. The van der Waals surface area contributed by atoms with Gasteiger partial charge in [0.25, 0.3) is 5.91 Å². The number of nitrogens with zero attached hydrogens (tertiary/aromatic N) is 3. The number of likely N-dealkylation sites (tertiary alicyclic amines) is 1. The van der Waals surface area contributed by atoms with Crippen molar-refractivity contribution in [1.82, 2.24) is 14.8 Å². The number of benzene rings is 1. The number of phenols is 1. The zero-order valence-electron chi connectivity index (χ0n) is 22.5. The summed E-state index contributed by atoms with van der Waals surface area (Å²) in [6, 6.07) is 7.67. The second kappa shape index (κ2) is 7.76. The van der Waals surface area contributed by atoms with Gasteiger partial charge in [-0.3, -0.25) is 14.7 Å². The fourth-order valence-corrected chi connectivity index (χ4v) is 9.03. The summed E-state index contributed by atoms with van der Waals surface area (Å²) in [5.74, 6) is 1.83. The molecule has 9 rings (SSSR count). The van der Waals surface area contributed by atoms with Gasteiger partial charge < -0.3 is 24.6 Å². The Balaban J connectivity index is 1.26. The number of pyridine rings is 1. The molecular weight excluding hydrogens is 494 g/mol. The Hall–Kier alpha value is -3.10. The number of amides is 1. The van der Waals surface area contributed by atoms with Gasteiger partial charge in [-0.2, -0.15) is 0 Å². The van der Waals surface area contributed by atoms with E-state index in [1.165, 1.54) is 18.4 Å². The van der Waals surface area contributed by atoms with Crippen LogP contribution in [0.15, 0.2) is 42.1 Å². The molecule has 1 saturated heterocycles. The van der Waals surface area contributed by atoms with E-state index in [0.717, 1.165) is 43.8 Å². The van der Waals surface area contributed by atoms with Crippen LogP contribution in [-0.4, -0.2) is 75.9 Å². The molecule has 8 heteroatoms. The lowest BCUT2D eigenvalue weighted by Gasteiger charge is -2.70. The Morgan fingerprint density at radius 2 is 2.10 bits per heavy atom. The minimum atomic E-state index is -1.44. The third kappa shape index (κ3) is 2.86. The van der Waals surface area contributed by atoms with Crippen molar-refractivity contribution in [2.75, 3.05) is 27.2 Å². The average molecular weight is 530 g/mol. The predicted octanol–water partition coefficient (Wildman–Crippen LogP) is 2.94. The monoisotopic (exact) mass is 529 g/mol. The summed E-state index contributed by atoms with van der Waals surface area (Å²) in [5.41, 5.74) is 1.18. The Kier molecular flexibility index (Phi) is 4.73. The Bertz CT molecular complexity index is 1440. The van der Waals surface area contributed by atoms with E-state index >= 15 is 0 Å². The van der Waals surface area contributed by atoms with Crippen molar-refractivity contribution in [2.45, 2.75) is 68.2 Å². The molecule has 0 radical (unpaired) electrons. The lowest BCUT2D eigenvalue weighted by molar-refractivity contribution is -0.188. The van der Waals surface area contributed by atoms with E-state index in [0.29, 0.717) is 29.2 Å². The molecule has 2 aliphatic heterocycles. The molecule has 1 aromatic carbocycles. The van der Waals surface area contributed by atoms with E-state index in [4.69, 9.17) is 9.47 Å². The number of aromatic hydroxyl groups is 1. The minimum absolute atomic E-state index is 0.127. The number of hydrogen-bond donors (Lipinski definition) is 2. The number of likely N-dealkylation sites (N-methyl/N-ethyl adjacent to an activating group) is 1. The zero-order valence-corrected chi connectivity index (χ0v) is 22.5. The van der Waals surface area contributed by atoms with Crippen LogP contribution in [0.4, 0.5) is 0 Å². The third-order valence-electron chi connectivity index (χ3n) is 10.9. The second-order valence-electron chi connectivity index (χ2n) is 12.7. The normalized spacial score (nSPS) is 35.2. The molecule has 5 atom stereocenters. The summed E-state index contributed by atoms with van der Waals surface area (Å²) in [7, 11) is 3.35. The summed E-state index contributed by atoms with van der Waals surface area (Å²) in [6.45, 7) is 2.31. The number of ether oxygens (including phenoxy) is 2. The molecule has 3 heterocycles. The lowest BCUT2D eigenvalue weighted by atomic mass is 9.38. The van der Waals surface area contributed by atoms with Crippen molar-refractivity contribution in [2.24, 2.45) is 11.3 Å². The molecule has 1 aromatic heterocycles. The standard InChI is InChI=1S/C31H35N3O5/c1-33(17-21-23(38-2)4-3-12-32-21)27(36)20-15-29-9-10-31(20,37)28-30(29)11-13-34(16-18-5-6-18)24(29)14-19-7-8-22(35)26(39-28)25(19)30/h3-4,7-8,12,15,18,24,28,35,37H,5-6,9-11,13-14,16-17H2,1-2H3/t24-,28-,29-,30+,31-/m1/s1. The molecule has 204 valence electrons. The minimum Gasteiger partial charge on any atom is -0.504 e. The van der Waals surface area contributed by atoms with Crippen LogP contribution in [-0.2, 0) is 23.2 Å². The number of methoxy groups -OCH3 is 1. The molecule has 2 N–H and O–H groups in total. The van der Waals surface area contributed by atoms with Crippen LogP contribution in [0.3, 0.4) is 0 Å².